The molecule has 2 aliphatic rings. The molecule has 0 radical (unpaired) electrons. The molecule has 2 heterocycles. The van der Waals surface area contributed by atoms with E-state index in [0.29, 0.717) is 0 Å². The van der Waals surface area contributed by atoms with Crippen molar-refractivity contribution in [2.75, 3.05) is 71.3 Å². The third kappa shape index (κ3) is 7.54. The van der Waals surface area contributed by atoms with Gasteiger partial charge in [0.1, 0.15) is 0 Å². The molecule has 0 spiro atoms. The van der Waals surface area contributed by atoms with E-state index in [1.165, 1.54) is 39.1 Å². The second kappa shape index (κ2) is 11.0. The van der Waals surface area contributed by atoms with Crippen molar-refractivity contribution in [2.45, 2.75) is 13.3 Å². The van der Waals surface area contributed by atoms with Gasteiger partial charge in [-0.25, -0.2) is 0 Å². The molecule has 2 fully saturated rings. The Bertz CT molecular complexity index is 154. The minimum Gasteiger partial charge on any atom is -0.314 e. The largest absolute Gasteiger partial charge is 0.314 e. The summed E-state index contributed by atoms with van der Waals surface area (Å²) in [5.74, 6) is 0.764. The number of hydrogen-bond donors (Lipinski definition) is 2. The fourth-order valence-corrected chi connectivity index (χ4v) is 2.54. The van der Waals surface area contributed by atoms with Crippen LogP contribution in [0.5, 0.6) is 0 Å². The Morgan fingerprint density at radius 2 is 1.28 bits per heavy atom. The van der Waals surface area contributed by atoms with Crippen LogP contribution in [0.3, 0.4) is 0 Å². The molecule has 18 heavy (non-hydrogen) atoms. The Hall–Kier alpha value is 0.130. The van der Waals surface area contributed by atoms with Crippen molar-refractivity contribution in [3.05, 3.63) is 0 Å². The van der Waals surface area contributed by atoms with Gasteiger partial charge in [-0.2, -0.15) is 0 Å². The van der Waals surface area contributed by atoms with Crippen LogP contribution in [0.1, 0.15) is 13.3 Å². The van der Waals surface area contributed by atoms with Gasteiger partial charge in [-0.1, -0.05) is 6.92 Å². The van der Waals surface area contributed by atoms with Gasteiger partial charge >= 0.3 is 0 Å². The Kier molecular flexibility index (Phi) is 9.89. The molecule has 0 atom stereocenters. The molecule has 108 valence electrons. The molecule has 0 aromatic rings. The van der Waals surface area contributed by atoms with Crippen LogP contribution in [-0.2, 0) is 0 Å². The van der Waals surface area contributed by atoms with Crippen LogP contribution in [0.2, 0.25) is 0 Å². The molecule has 5 heteroatoms. The van der Waals surface area contributed by atoms with Crippen molar-refractivity contribution >= 4 is 11.6 Å². The van der Waals surface area contributed by atoms with E-state index in [0.717, 1.165) is 38.6 Å². The summed E-state index contributed by atoms with van der Waals surface area (Å²) < 4.78 is 0. The first-order chi connectivity index (χ1) is 8.86. The van der Waals surface area contributed by atoms with E-state index in [2.05, 4.69) is 27.4 Å². The first-order valence-corrected chi connectivity index (χ1v) is 7.82. The zero-order valence-electron chi connectivity index (χ0n) is 11.8. The van der Waals surface area contributed by atoms with Crippen LogP contribution >= 0.6 is 11.6 Å². The second-order valence-electron chi connectivity index (χ2n) is 4.87. The lowest BCUT2D eigenvalue weighted by molar-refractivity contribution is 0.241. The van der Waals surface area contributed by atoms with Gasteiger partial charge in [0.2, 0.25) is 0 Å². The predicted molar refractivity (Wildman–Crippen MR) is 79.6 cm³/mol. The molecule has 2 saturated heterocycles. The highest BCUT2D eigenvalue weighted by Gasteiger charge is 2.07. The number of piperazine rings is 2. The Balaban J connectivity index is 0.000000180. The van der Waals surface area contributed by atoms with Crippen molar-refractivity contribution in [2.24, 2.45) is 0 Å². The van der Waals surface area contributed by atoms with Crippen molar-refractivity contribution in [3.63, 3.8) is 0 Å². The SMILES string of the molecule is CCCN1CCNCC1.ClCCN1CCNCC1. The third-order valence-electron chi connectivity index (χ3n) is 3.36. The summed E-state index contributed by atoms with van der Waals surface area (Å²) in [7, 11) is 0. The van der Waals surface area contributed by atoms with Crippen molar-refractivity contribution in [1.29, 1.82) is 0 Å². The molecule has 2 aliphatic heterocycles. The molecule has 0 unspecified atom stereocenters. The number of alkyl halides is 1. The smallest absolute Gasteiger partial charge is 0.0351 e. The molecule has 0 aromatic heterocycles. The highest BCUT2D eigenvalue weighted by Crippen LogP contribution is 1.92. The van der Waals surface area contributed by atoms with E-state index in [1.54, 1.807) is 0 Å². The van der Waals surface area contributed by atoms with E-state index in [1.807, 2.05) is 0 Å². The van der Waals surface area contributed by atoms with Crippen LogP contribution in [0, 0.1) is 0 Å². The van der Waals surface area contributed by atoms with Gasteiger partial charge in [-0.3, -0.25) is 4.90 Å². The van der Waals surface area contributed by atoms with Crippen molar-refractivity contribution in [3.8, 4) is 0 Å². The average molecular weight is 277 g/mol. The lowest BCUT2D eigenvalue weighted by atomic mass is 10.3. The van der Waals surface area contributed by atoms with Crippen LogP contribution < -0.4 is 10.6 Å². The minimum absolute atomic E-state index is 0.764. The summed E-state index contributed by atoms with van der Waals surface area (Å²) in [4.78, 5) is 4.89. The molecule has 0 bridgehead atoms. The lowest BCUT2D eigenvalue weighted by Crippen LogP contribution is -2.44. The van der Waals surface area contributed by atoms with E-state index in [9.17, 15) is 0 Å². The molecule has 4 nitrogen and oxygen atoms in total. The van der Waals surface area contributed by atoms with E-state index >= 15 is 0 Å². The summed E-state index contributed by atoms with van der Waals surface area (Å²) in [6.45, 7) is 14.0. The van der Waals surface area contributed by atoms with Gasteiger partial charge in [0.15, 0.2) is 0 Å². The molecular formula is C13H29ClN4. The van der Waals surface area contributed by atoms with Crippen LogP contribution in [0.25, 0.3) is 0 Å². The standard InChI is InChI=1S/C7H16N2.C6H13ClN2/c1-2-5-9-6-3-8-4-7-9;7-1-4-9-5-2-8-3-6-9/h8H,2-7H2,1H3;8H,1-6H2. The molecule has 0 saturated carbocycles. The number of hydrogen-bond acceptors (Lipinski definition) is 4. The normalized spacial score (nSPS) is 22.3. The van der Waals surface area contributed by atoms with Gasteiger partial charge in [0, 0.05) is 64.8 Å². The topological polar surface area (TPSA) is 30.5 Å². The third-order valence-corrected chi connectivity index (χ3v) is 3.53. The molecule has 0 aliphatic carbocycles. The van der Waals surface area contributed by atoms with Gasteiger partial charge in [0.25, 0.3) is 0 Å². The summed E-state index contributed by atoms with van der Waals surface area (Å²) in [5.41, 5.74) is 0. The lowest BCUT2D eigenvalue weighted by Gasteiger charge is -2.26. The molecule has 2 N–H and O–H groups in total. The van der Waals surface area contributed by atoms with Gasteiger partial charge in [-0.15, -0.1) is 11.6 Å². The zero-order chi connectivity index (χ0) is 13.1. The van der Waals surface area contributed by atoms with E-state index in [4.69, 9.17) is 11.6 Å². The number of halogens is 1. The maximum Gasteiger partial charge on any atom is 0.0351 e. The fraction of sp³-hybridized carbons (Fsp3) is 1.00. The van der Waals surface area contributed by atoms with Crippen molar-refractivity contribution < 1.29 is 0 Å². The monoisotopic (exact) mass is 276 g/mol. The van der Waals surface area contributed by atoms with E-state index in [-0.39, 0.29) is 0 Å². The van der Waals surface area contributed by atoms with Gasteiger partial charge in [0.05, 0.1) is 0 Å². The first-order valence-electron chi connectivity index (χ1n) is 7.29. The van der Waals surface area contributed by atoms with Crippen LogP contribution in [-0.4, -0.2) is 81.1 Å². The fourth-order valence-electron chi connectivity index (χ4n) is 2.31. The van der Waals surface area contributed by atoms with Crippen LogP contribution in [0.4, 0.5) is 0 Å². The molecular weight excluding hydrogens is 248 g/mol. The Morgan fingerprint density at radius 1 is 0.833 bits per heavy atom. The summed E-state index contributed by atoms with van der Waals surface area (Å²) in [6.07, 6.45) is 1.29. The maximum atomic E-state index is 5.57. The highest BCUT2D eigenvalue weighted by molar-refractivity contribution is 6.18. The zero-order valence-corrected chi connectivity index (χ0v) is 12.5. The van der Waals surface area contributed by atoms with Gasteiger partial charge < -0.3 is 15.5 Å². The van der Waals surface area contributed by atoms with Crippen molar-refractivity contribution in [1.82, 2.24) is 20.4 Å². The Labute approximate surface area is 117 Å². The number of nitrogens with one attached hydrogen (secondary N) is 2. The van der Waals surface area contributed by atoms with Crippen LogP contribution in [0.15, 0.2) is 0 Å². The second-order valence-corrected chi connectivity index (χ2v) is 5.25. The molecule has 2 rings (SSSR count). The Morgan fingerprint density at radius 3 is 1.67 bits per heavy atom. The maximum absolute atomic E-state index is 5.57. The molecule has 0 aromatic carbocycles. The summed E-state index contributed by atoms with van der Waals surface area (Å²) in [6, 6.07) is 0. The van der Waals surface area contributed by atoms with Gasteiger partial charge in [-0.05, 0) is 13.0 Å². The quantitative estimate of drug-likeness (QED) is 0.730. The number of nitrogens with zero attached hydrogens (tertiary/aromatic N) is 2. The average Bonchev–Trinajstić information content (AvgIpc) is 2.43. The highest BCUT2D eigenvalue weighted by atomic mass is 35.5. The molecule has 0 amide bonds. The summed E-state index contributed by atoms with van der Waals surface area (Å²) >= 11 is 5.57. The predicted octanol–water partition coefficient (Wildman–Crippen LogP) is 0.432. The number of rotatable bonds is 4. The first kappa shape index (κ1) is 16.2. The summed E-state index contributed by atoms with van der Waals surface area (Å²) in [5, 5.41) is 6.62. The van der Waals surface area contributed by atoms with E-state index < -0.39 is 0 Å². The minimum atomic E-state index is 0.764.